The molecule has 8 heteroatoms. The van der Waals surface area contributed by atoms with Crippen LogP contribution in [0.3, 0.4) is 0 Å². The Balaban J connectivity index is 2.00. The summed E-state index contributed by atoms with van der Waals surface area (Å²) in [4.78, 5) is 25.3. The predicted octanol–water partition coefficient (Wildman–Crippen LogP) is 2.51. The summed E-state index contributed by atoms with van der Waals surface area (Å²) < 4.78 is 0.999. The van der Waals surface area contributed by atoms with Gasteiger partial charge in [0.05, 0.1) is 11.4 Å². The molecule has 3 rings (SSSR count). The van der Waals surface area contributed by atoms with Crippen molar-refractivity contribution in [3.8, 4) is 5.69 Å². The van der Waals surface area contributed by atoms with Crippen LogP contribution in [0.25, 0.3) is 5.69 Å². The summed E-state index contributed by atoms with van der Waals surface area (Å²) in [6.07, 6.45) is 0. The Bertz CT molecular complexity index is 908. The van der Waals surface area contributed by atoms with Gasteiger partial charge in [0.2, 0.25) is 0 Å². The smallest absolute Gasteiger partial charge is 0.275 e. The van der Waals surface area contributed by atoms with Gasteiger partial charge in [0, 0.05) is 10.0 Å². The standard InChI is InChI=1S/C14H10Cl2N4O2/c15-9-1-5-11(6-2-9)17-20-14(22)19(13(21)18-20)12-7-3-10(16)4-8-12/h1-8,17H,(H,18,21). The van der Waals surface area contributed by atoms with Crippen molar-refractivity contribution in [2.24, 2.45) is 0 Å². The molecule has 2 aromatic carbocycles. The molecule has 0 amide bonds. The summed E-state index contributed by atoms with van der Waals surface area (Å²) in [5.41, 5.74) is 2.70. The molecule has 6 nitrogen and oxygen atoms in total. The maximum absolute atomic E-state index is 12.3. The molecule has 112 valence electrons. The Morgan fingerprint density at radius 1 is 0.864 bits per heavy atom. The van der Waals surface area contributed by atoms with Crippen LogP contribution in [0.5, 0.6) is 0 Å². The lowest BCUT2D eigenvalue weighted by Gasteiger charge is -2.05. The first-order valence-electron chi connectivity index (χ1n) is 6.27. The monoisotopic (exact) mass is 336 g/mol. The van der Waals surface area contributed by atoms with E-state index in [1.165, 1.54) is 0 Å². The summed E-state index contributed by atoms with van der Waals surface area (Å²) in [6, 6.07) is 13.1. The Hall–Kier alpha value is -2.44. The molecule has 0 spiro atoms. The molecule has 0 fully saturated rings. The van der Waals surface area contributed by atoms with Gasteiger partial charge in [-0.05, 0) is 48.5 Å². The third kappa shape index (κ3) is 2.79. The van der Waals surface area contributed by atoms with E-state index in [1.807, 2.05) is 0 Å². The van der Waals surface area contributed by atoms with Gasteiger partial charge in [-0.15, -0.1) is 4.79 Å². The second-order valence-corrected chi connectivity index (χ2v) is 5.34. The minimum atomic E-state index is -0.561. The summed E-state index contributed by atoms with van der Waals surface area (Å²) >= 11 is 11.6. The Morgan fingerprint density at radius 2 is 1.41 bits per heavy atom. The number of benzene rings is 2. The van der Waals surface area contributed by atoms with E-state index in [4.69, 9.17) is 23.2 Å². The average Bonchev–Trinajstić information content (AvgIpc) is 2.77. The molecule has 3 aromatic rings. The highest BCUT2D eigenvalue weighted by Crippen LogP contribution is 2.13. The van der Waals surface area contributed by atoms with Gasteiger partial charge < -0.3 is 0 Å². The Morgan fingerprint density at radius 3 is 2.00 bits per heavy atom. The van der Waals surface area contributed by atoms with Crippen LogP contribution >= 0.6 is 23.2 Å². The molecule has 0 saturated carbocycles. The maximum Gasteiger partial charge on any atom is 0.371 e. The first-order chi connectivity index (χ1) is 10.5. The van der Waals surface area contributed by atoms with Crippen LogP contribution in [0.2, 0.25) is 10.0 Å². The Labute approximate surface area is 134 Å². The van der Waals surface area contributed by atoms with Crippen LogP contribution < -0.4 is 16.8 Å². The van der Waals surface area contributed by atoms with E-state index in [1.54, 1.807) is 48.5 Å². The molecule has 0 radical (unpaired) electrons. The van der Waals surface area contributed by atoms with E-state index in [0.29, 0.717) is 21.4 Å². The van der Waals surface area contributed by atoms with Crippen LogP contribution in [-0.4, -0.2) is 14.5 Å². The molecule has 0 atom stereocenters. The zero-order valence-electron chi connectivity index (χ0n) is 11.1. The van der Waals surface area contributed by atoms with E-state index in [9.17, 15) is 9.59 Å². The van der Waals surface area contributed by atoms with Crippen LogP contribution in [0.1, 0.15) is 0 Å². The number of aromatic nitrogens is 3. The molecule has 22 heavy (non-hydrogen) atoms. The van der Waals surface area contributed by atoms with E-state index in [-0.39, 0.29) is 0 Å². The van der Waals surface area contributed by atoms with Gasteiger partial charge in [0.15, 0.2) is 0 Å². The highest BCUT2D eigenvalue weighted by Gasteiger charge is 2.11. The van der Waals surface area contributed by atoms with Crippen molar-refractivity contribution >= 4 is 28.9 Å². The lowest BCUT2D eigenvalue weighted by molar-refractivity contribution is 0.757. The molecule has 0 unspecified atom stereocenters. The van der Waals surface area contributed by atoms with E-state index < -0.39 is 11.4 Å². The van der Waals surface area contributed by atoms with E-state index in [2.05, 4.69) is 10.5 Å². The van der Waals surface area contributed by atoms with E-state index >= 15 is 0 Å². The fraction of sp³-hybridized carbons (Fsp3) is 0. The third-order valence-electron chi connectivity index (χ3n) is 2.96. The zero-order valence-corrected chi connectivity index (χ0v) is 12.6. The van der Waals surface area contributed by atoms with Gasteiger partial charge in [-0.1, -0.05) is 23.2 Å². The summed E-state index contributed by atoms with van der Waals surface area (Å²) in [6.45, 7) is 0. The predicted molar refractivity (Wildman–Crippen MR) is 86.1 cm³/mol. The summed E-state index contributed by atoms with van der Waals surface area (Å²) in [7, 11) is 0. The van der Waals surface area contributed by atoms with Gasteiger partial charge in [-0.2, -0.15) is 0 Å². The van der Waals surface area contributed by atoms with Crippen molar-refractivity contribution in [2.75, 3.05) is 5.43 Å². The van der Waals surface area contributed by atoms with Crippen LogP contribution in [0.4, 0.5) is 5.69 Å². The topological polar surface area (TPSA) is 71.8 Å². The van der Waals surface area contributed by atoms with Crippen LogP contribution in [0.15, 0.2) is 58.1 Å². The number of hydrogen-bond acceptors (Lipinski definition) is 3. The summed E-state index contributed by atoms with van der Waals surface area (Å²) in [5.74, 6) is 0. The van der Waals surface area contributed by atoms with Gasteiger partial charge in [0.1, 0.15) is 0 Å². The molecule has 1 aromatic heterocycles. The lowest BCUT2D eigenvalue weighted by atomic mass is 10.3. The first-order valence-corrected chi connectivity index (χ1v) is 7.03. The molecule has 1 heterocycles. The van der Waals surface area contributed by atoms with Crippen molar-refractivity contribution in [1.82, 2.24) is 14.5 Å². The van der Waals surface area contributed by atoms with Crippen molar-refractivity contribution in [2.45, 2.75) is 0 Å². The fourth-order valence-corrected chi connectivity index (χ4v) is 2.18. The molecule has 0 aliphatic heterocycles. The third-order valence-corrected chi connectivity index (χ3v) is 3.47. The second-order valence-electron chi connectivity index (χ2n) is 4.47. The minimum absolute atomic E-state index is 0.423. The number of aromatic amines is 1. The SMILES string of the molecule is O=c1[nH]n(Nc2ccc(Cl)cc2)c(=O)n1-c1ccc(Cl)cc1. The molecule has 0 aliphatic carbocycles. The average molecular weight is 337 g/mol. The number of rotatable bonds is 3. The largest absolute Gasteiger partial charge is 0.371 e. The highest BCUT2D eigenvalue weighted by atomic mass is 35.5. The zero-order chi connectivity index (χ0) is 15.7. The van der Waals surface area contributed by atoms with Crippen LogP contribution in [0, 0.1) is 0 Å². The fourth-order valence-electron chi connectivity index (χ4n) is 1.93. The maximum atomic E-state index is 12.3. The van der Waals surface area contributed by atoms with Crippen LogP contribution in [-0.2, 0) is 0 Å². The number of H-pyrrole nitrogens is 1. The molecule has 2 N–H and O–H groups in total. The normalized spacial score (nSPS) is 10.6. The number of nitrogens with one attached hydrogen (secondary N) is 2. The van der Waals surface area contributed by atoms with Crippen molar-refractivity contribution in [3.63, 3.8) is 0 Å². The van der Waals surface area contributed by atoms with Gasteiger partial charge >= 0.3 is 11.4 Å². The second kappa shape index (κ2) is 5.75. The number of halogens is 2. The highest BCUT2D eigenvalue weighted by molar-refractivity contribution is 6.30. The molecule has 0 aliphatic rings. The molecular weight excluding hydrogens is 327 g/mol. The number of anilines is 1. The minimum Gasteiger partial charge on any atom is -0.275 e. The molecular formula is C14H10Cl2N4O2. The van der Waals surface area contributed by atoms with Gasteiger partial charge in [-0.3, -0.25) is 5.43 Å². The van der Waals surface area contributed by atoms with Crippen molar-refractivity contribution in [3.05, 3.63) is 79.5 Å². The van der Waals surface area contributed by atoms with E-state index in [0.717, 1.165) is 9.36 Å². The van der Waals surface area contributed by atoms with Gasteiger partial charge in [-0.25, -0.2) is 19.3 Å². The quantitative estimate of drug-likeness (QED) is 0.771. The Kier molecular flexibility index (Phi) is 3.79. The van der Waals surface area contributed by atoms with Gasteiger partial charge in [0.25, 0.3) is 0 Å². The first kappa shape index (κ1) is 14.5. The number of hydrogen-bond donors (Lipinski definition) is 2. The van der Waals surface area contributed by atoms with Crippen molar-refractivity contribution in [1.29, 1.82) is 0 Å². The summed E-state index contributed by atoms with van der Waals surface area (Å²) in [5, 5.41) is 3.52. The van der Waals surface area contributed by atoms with Crippen molar-refractivity contribution < 1.29 is 0 Å². The lowest BCUT2D eigenvalue weighted by Crippen LogP contribution is -2.30. The number of nitrogens with zero attached hydrogens (tertiary/aromatic N) is 2. The molecule has 0 saturated heterocycles. The molecule has 0 bridgehead atoms.